The summed E-state index contributed by atoms with van der Waals surface area (Å²) in [4.78, 5) is 25.4. The Morgan fingerprint density at radius 3 is 2.65 bits per heavy atom. The van der Waals surface area contributed by atoms with Crippen LogP contribution in [0.4, 0.5) is 5.69 Å². The van der Waals surface area contributed by atoms with Gasteiger partial charge in [-0.3, -0.25) is 9.59 Å². The standard InChI is InChI=1S/C18H15BrN2O2/c1-20(15-5-3-2-4-6-15)18(23)11-21-10-13(12-22)16-9-14(19)7-8-17(16)21/h2-10,12H,11H2,1H3. The van der Waals surface area contributed by atoms with Gasteiger partial charge in [-0.05, 0) is 30.3 Å². The minimum absolute atomic E-state index is 0.0477. The topological polar surface area (TPSA) is 42.3 Å². The maximum atomic E-state index is 12.5. The fourth-order valence-corrected chi connectivity index (χ4v) is 2.93. The fraction of sp³-hybridized carbons (Fsp3) is 0.111. The number of likely N-dealkylation sites (N-methyl/N-ethyl adjacent to an activating group) is 1. The molecular weight excluding hydrogens is 356 g/mol. The van der Waals surface area contributed by atoms with Crippen LogP contribution in [-0.2, 0) is 11.3 Å². The number of benzene rings is 2. The summed E-state index contributed by atoms with van der Waals surface area (Å²) in [5.74, 6) is -0.0477. The van der Waals surface area contributed by atoms with Crippen molar-refractivity contribution in [2.75, 3.05) is 11.9 Å². The Kier molecular flexibility index (Phi) is 4.30. The summed E-state index contributed by atoms with van der Waals surface area (Å²) in [6.07, 6.45) is 2.54. The summed E-state index contributed by atoms with van der Waals surface area (Å²) in [6, 6.07) is 15.2. The molecule has 0 saturated heterocycles. The Balaban J connectivity index is 1.92. The molecule has 2 aromatic carbocycles. The van der Waals surface area contributed by atoms with Gasteiger partial charge in [0.2, 0.25) is 5.91 Å². The molecule has 0 unspecified atom stereocenters. The maximum Gasteiger partial charge on any atom is 0.246 e. The monoisotopic (exact) mass is 370 g/mol. The Morgan fingerprint density at radius 1 is 1.22 bits per heavy atom. The van der Waals surface area contributed by atoms with Crippen molar-refractivity contribution in [3.05, 3.63) is 64.8 Å². The average Bonchev–Trinajstić information content (AvgIpc) is 2.91. The molecule has 0 aliphatic rings. The molecule has 0 N–H and O–H groups in total. The van der Waals surface area contributed by atoms with Crippen LogP contribution in [0.2, 0.25) is 0 Å². The Bertz CT molecular complexity index is 871. The normalized spacial score (nSPS) is 10.7. The van der Waals surface area contributed by atoms with Crippen LogP contribution in [0.3, 0.4) is 0 Å². The molecule has 0 atom stereocenters. The third kappa shape index (κ3) is 3.05. The zero-order valence-corrected chi connectivity index (χ0v) is 14.2. The highest BCUT2D eigenvalue weighted by Gasteiger charge is 2.15. The smallest absolute Gasteiger partial charge is 0.246 e. The van der Waals surface area contributed by atoms with Gasteiger partial charge in [-0.2, -0.15) is 0 Å². The van der Waals surface area contributed by atoms with Crippen molar-refractivity contribution in [1.29, 1.82) is 0 Å². The van der Waals surface area contributed by atoms with E-state index in [-0.39, 0.29) is 12.5 Å². The lowest BCUT2D eigenvalue weighted by Gasteiger charge is -2.18. The van der Waals surface area contributed by atoms with E-state index in [0.29, 0.717) is 5.56 Å². The van der Waals surface area contributed by atoms with Crippen molar-refractivity contribution in [2.45, 2.75) is 6.54 Å². The number of amides is 1. The molecule has 0 saturated carbocycles. The largest absolute Gasteiger partial charge is 0.337 e. The second-order valence-corrected chi connectivity index (χ2v) is 6.20. The van der Waals surface area contributed by atoms with Gasteiger partial charge in [0.1, 0.15) is 6.54 Å². The van der Waals surface area contributed by atoms with E-state index >= 15 is 0 Å². The molecule has 4 nitrogen and oxygen atoms in total. The van der Waals surface area contributed by atoms with E-state index in [1.54, 1.807) is 18.1 Å². The summed E-state index contributed by atoms with van der Waals surface area (Å²) < 4.78 is 2.71. The predicted octanol–water partition coefficient (Wildman–Crippen LogP) is 3.88. The molecular formula is C18H15BrN2O2. The molecule has 1 aromatic heterocycles. The first-order valence-electron chi connectivity index (χ1n) is 7.15. The van der Waals surface area contributed by atoms with Crippen molar-refractivity contribution < 1.29 is 9.59 Å². The molecule has 0 bridgehead atoms. The number of anilines is 1. The zero-order valence-electron chi connectivity index (χ0n) is 12.6. The number of aromatic nitrogens is 1. The predicted molar refractivity (Wildman–Crippen MR) is 94.9 cm³/mol. The van der Waals surface area contributed by atoms with Crippen LogP contribution in [-0.4, -0.2) is 23.8 Å². The van der Waals surface area contributed by atoms with Gasteiger partial charge in [0.15, 0.2) is 6.29 Å². The SMILES string of the molecule is CN(C(=O)Cn1cc(C=O)c2cc(Br)ccc21)c1ccccc1. The van der Waals surface area contributed by atoms with Crippen molar-refractivity contribution in [3.8, 4) is 0 Å². The number of rotatable bonds is 4. The number of fused-ring (bicyclic) bond motifs is 1. The molecule has 116 valence electrons. The molecule has 0 aliphatic heterocycles. The summed E-state index contributed by atoms with van der Waals surface area (Å²) in [5, 5.41) is 0.838. The molecule has 0 spiro atoms. The number of carbonyl (C=O) groups is 2. The number of aldehydes is 1. The molecule has 0 aliphatic carbocycles. The highest BCUT2D eigenvalue weighted by atomic mass is 79.9. The summed E-state index contributed by atoms with van der Waals surface area (Å²) in [5.41, 5.74) is 2.29. The lowest BCUT2D eigenvalue weighted by atomic mass is 10.2. The van der Waals surface area contributed by atoms with E-state index in [0.717, 1.165) is 27.3 Å². The van der Waals surface area contributed by atoms with Crippen LogP contribution in [0.5, 0.6) is 0 Å². The lowest BCUT2D eigenvalue weighted by molar-refractivity contribution is -0.118. The number of hydrogen-bond acceptors (Lipinski definition) is 2. The number of para-hydroxylation sites is 1. The Hall–Kier alpha value is -2.40. The van der Waals surface area contributed by atoms with E-state index in [9.17, 15) is 9.59 Å². The minimum Gasteiger partial charge on any atom is -0.337 e. The summed E-state index contributed by atoms with van der Waals surface area (Å²) in [6.45, 7) is 0.178. The number of carbonyl (C=O) groups excluding carboxylic acids is 2. The molecule has 0 radical (unpaired) electrons. The van der Waals surface area contributed by atoms with Gasteiger partial charge in [-0.15, -0.1) is 0 Å². The third-order valence-electron chi connectivity index (χ3n) is 3.82. The second-order valence-electron chi connectivity index (χ2n) is 5.28. The number of hydrogen-bond donors (Lipinski definition) is 0. The zero-order chi connectivity index (χ0) is 16.4. The van der Waals surface area contributed by atoms with Crippen LogP contribution in [0.15, 0.2) is 59.2 Å². The van der Waals surface area contributed by atoms with Gasteiger partial charge in [0.05, 0.1) is 0 Å². The number of nitrogens with zero attached hydrogens (tertiary/aromatic N) is 2. The molecule has 0 fully saturated rings. The van der Waals surface area contributed by atoms with E-state index in [4.69, 9.17) is 0 Å². The second kappa shape index (κ2) is 6.38. The van der Waals surface area contributed by atoms with Crippen molar-refractivity contribution in [3.63, 3.8) is 0 Å². The highest BCUT2D eigenvalue weighted by molar-refractivity contribution is 9.10. The molecule has 3 aromatic rings. The van der Waals surface area contributed by atoms with E-state index < -0.39 is 0 Å². The van der Waals surface area contributed by atoms with Gasteiger partial charge in [-0.1, -0.05) is 34.1 Å². The van der Waals surface area contributed by atoms with Crippen LogP contribution in [0.25, 0.3) is 10.9 Å². The van der Waals surface area contributed by atoms with Gasteiger partial charge in [-0.25, -0.2) is 0 Å². The highest BCUT2D eigenvalue weighted by Crippen LogP contribution is 2.24. The lowest BCUT2D eigenvalue weighted by Crippen LogP contribution is -2.29. The quantitative estimate of drug-likeness (QED) is 0.654. The van der Waals surface area contributed by atoms with E-state index in [2.05, 4.69) is 15.9 Å². The van der Waals surface area contributed by atoms with Crippen molar-refractivity contribution >= 4 is 44.7 Å². The van der Waals surface area contributed by atoms with Crippen molar-refractivity contribution in [1.82, 2.24) is 4.57 Å². The maximum absolute atomic E-state index is 12.5. The molecule has 1 heterocycles. The Morgan fingerprint density at radius 2 is 1.96 bits per heavy atom. The summed E-state index contributed by atoms with van der Waals surface area (Å²) >= 11 is 3.41. The summed E-state index contributed by atoms with van der Waals surface area (Å²) in [7, 11) is 1.75. The average molecular weight is 371 g/mol. The Labute approximate surface area is 142 Å². The molecule has 1 amide bonds. The third-order valence-corrected chi connectivity index (χ3v) is 4.32. The van der Waals surface area contributed by atoms with Gasteiger partial charge in [0, 0.05) is 39.9 Å². The molecule has 3 rings (SSSR count). The van der Waals surface area contributed by atoms with Gasteiger partial charge >= 0.3 is 0 Å². The molecule has 23 heavy (non-hydrogen) atoms. The van der Waals surface area contributed by atoms with E-state index in [1.807, 2.05) is 53.1 Å². The number of halogens is 1. The van der Waals surface area contributed by atoms with Crippen LogP contribution >= 0.6 is 15.9 Å². The van der Waals surface area contributed by atoms with Crippen molar-refractivity contribution in [2.24, 2.45) is 0 Å². The van der Waals surface area contributed by atoms with Crippen LogP contribution in [0.1, 0.15) is 10.4 Å². The van der Waals surface area contributed by atoms with Crippen LogP contribution in [0, 0.1) is 0 Å². The fourth-order valence-electron chi connectivity index (χ4n) is 2.57. The first-order valence-corrected chi connectivity index (χ1v) is 7.94. The van der Waals surface area contributed by atoms with Gasteiger partial charge < -0.3 is 9.47 Å². The molecule has 5 heteroatoms. The first kappa shape index (κ1) is 15.5. The van der Waals surface area contributed by atoms with Gasteiger partial charge in [0.25, 0.3) is 0 Å². The first-order chi connectivity index (χ1) is 11.1. The van der Waals surface area contributed by atoms with Crippen LogP contribution < -0.4 is 4.90 Å². The van der Waals surface area contributed by atoms with E-state index in [1.165, 1.54) is 0 Å². The minimum atomic E-state index is -0.0477.